The number of aromatic nitrogens is 1. The van der Waals surface area contributed by atoms with Gasteiger partial charge in [0.05, 0.1) is 36.2 Å². The summed E-state index contributed by atoms with van der Waals surface area (Å²) in [4.78, 5) is 51.2. The number of ether oxygens (including phenoxy) is 2. The molecule has 3 aliphatic rings. The predicted molar refractivity (Wildman–Crippen MR) is 156 cm³/mol. The van der Waals surface area contributed by atoms with Gasteiger partial charge in [-0.3, -0.25) is 18.9 Å². The Kier molecular flexibility index (Phi) is 7.64. The molecule has 1 aliphatic carbocycles. The van der Waals surface area contributed by atoms with E-state index in [1.54, 1.807) is 13.0 Å². The molecule has 1 saturated carbocycles. The monoisotopic (exact) mass is 610 g/mol. The molecular formula is C31H32F2N4O7. The number of nitrogens with one attached hydrogen (secondary N) is 1. The molecule has 4 heterocycles. The van der Waals surface area contributed by atoms with Gasteiger partial charge in [-0.15, -0.1) is 0 Å². The molecule has 13 heteroatoms. The molecule has 3 aromatic rings. The van der Waals surface area contributed by atoms with Crippen molar-refractivity contribution in [3.63, 3.8) is 0 Å². The number of piperidine rings is 1. The van der Waals surface area contributed by atoms with E-state index in [0.29, 0.717) is 48.4 Å². The lowest BCUT2D eigenvalue weighted by molar-refractivity contribution is -0.119. The van der Waals surface area contributed by atoms with E-state index in [0.717, 1.165) is 29.0 Å². The molecule has 3 fully saturated rings. The third-order valence-corrected chi connectivity index (χ3v) is 8.42. The number of aryl methyl sites for hydroxylation is 1. The van der Waals surface area contributed by atoms with E-state index in [9.17, 15) is 24.3 Å². The van der Waals surface area contributed by atoms with Gasteiger partial charge in [-0.2, -0.15) is 0 Å². The first-order valence-electron chi connectivity index (χ1n) is 14.6. The molecule has 6 rings (SSSR count). The molecule has 44 heavy (non-hydrogen) atoms. The SMILES string of the molecule is CC(=O)NC[C@H]1CN(c2ccc(OC3CCN(c4c(F)cn5c(=O)c(C(=O)O)cc(C6CC6)c5c4C)CC3)c(F)c2)C(=O)O1. The molecule has 0 unspecified atom stereocenters. The van der Waals surface area contributed by atoms with Crippen LogP contribution < -0.4 is 25.4 Å². The number of carboxylic acid groups (broad SMARTS) is 1. The average Bonchev–Trinajstić information content (AvgIpc) is 3.75. The highest BCUT2D eigenvalue weighted by Gasteiger charge is 2.34. The van der Waals surface area contributed by atoms with Crippen LogP contribution in [0.3, 0.4) is 0 Å². The van der Waals surface area contributed by atoms with E-state index < -0.39 is 35.4 Å². The minimum atomic E-state index is -1.34. The summed E-state index contributed by atoms with van der Waals surface area (Å²) < 4.78 is 42.9. The Morgan fingerprint density at radius 3 is 2.45 bits per heavy atom. The van der Waals surface area contributed by atoms with Crippen molar-refractivity contribution < 1.29 is 37.7 Å². The molecule has 2 saturated heterocycles. The van der Waals surface area contributed by atoms with Crippen LogP contribution in [0, 0.1) is 18.6 Å². The first-order valence-corrected chi connectivity index (χ1v) is 14.6. The van der Waals surface area contributed by atoms with Gasteiger partial charge in [0.1, 0.15) is 17.8 Å². The van der Waals surface area contributed by atoms with Gasteiger partial charge in [0.2, 0.25) is 5.91 Å². The summed E-state index contributed by atoms with van der Waals surface area (Å²) in [7, 11) is 0. The van der Waals surface area contributed by atoms with Crippen LogP contribution in [-0.2, 0) is 9.53 Å². The number of benzene rings is 1. The number of aromatic carboxylic acids is 1. The number of halogens is 2. The molecular weight excluding hydrogens is 578 g/mol. The number of carboxylic acids is 1. The Labute approximate surface area is 251 Å². The summed E-state index contributed by atoms with van der Waals surface area (Å²) in [6.45, 7) is 4.28. The zero-order valence-corrected chi connectivity index (χ0v) is 24.3. The molecule has 2 amide bonds. The summed E-state index contributed by atoms with van der Waals surface area (Å²) in [6.07, 6.45) is 2.28. The van der Waals surface area contributed by atoms with Crippen molar-refractivity contribution in [1.82, 2.24) is 9.72 Å². The number of hydrogen-bond donors (Lipinski definition) is 2. The highest BCUT2D eigenvalue weighted by Crippen LogP contribution is 2.44. The second-order valence-corrected chi connectivity index (χ2v) is 11.5. The van der Waals surface area contributed by atoms with Gasteiger partial charge < -0.3 is 24.8 Å². The molecule has 11 nitrogen and oxygen atoms in total. The lowest BCUT2D eigenvalue weighted by Crippen LogP contribution is -2.39. The molecule has 2 aromatic heterocycles. The highest BCUT2D eigenvalue weighted by atomic mass is 19.1. The van der Waals surface area contributed by atoms with E-state index >= 15 is 8.78 Å². The molecule has 0 spiro atoms. The Balaban J connectivity index is 1.15. The van der Waals surface area contributed by atoms with E-state index in [4.69, 9.17) is 9.47 Å². The van der Waals surface area contributed by atoms with Crippen LogP contribution in [-0.4, -0.2) is 65.9 Å². The summed E-state index contributed by atoms with van der Waals surface area (Å²) in [5.41, 5.74) is 1.38. The summed E-state index contributed by atoms with van der Waals surface area (Å²) in [6, 6.07) is 5.66. The molecule has 0 bridgehead atoms. The fraction of sp³-hybridized carbons (Fsp3) is 0.419. The number of amides is 2. The van der Waals surface area contributed by atoms with Crippen LogP contribution >= 0.6 is 0 Å². The van der Waals surface area contributed by atoms with Crippen molar-refractivity contribution in [2.45, 2.75) is 57.7 Å². The number of carbonyl (C=O) groups excluding carboxylic acids is 2. The van der Waals surface area contributed by atoms with Crippen LogP contribution in [0.25, 0.3) is 5.52 Å². The lowest BCUT2D eigenvalue weighted by atomic mass is 10.0. The highest BCUT2D eigenvalue weighted by molar-refractivity contribution is 5.90. The van der Waals surface area contributed by atoms with Crippen molar-refractivity contribution >= 4 is 34.9 Å². The Hall–Kier alpha value is -4.68. The number of carbonyl (C=O) groups is 3. The number of nitrogens with zero attached hydrogens (tertiary/aromatic N) is 3. The molecule has 1 aromatic carbocycles. The maximum atomic E-state index is 15.5. The zero-order chi connectivity index (χ0) is 31.3. The Bertz CT molecular complexity index is 1730. The fourth-order valence-corrected chi connectivity index (χ4v) is 6.12. The second-order valence-electron chi connectivity index (χ2n) is 11.5. The van der Waals surface area contributed by atoms with E-state index in [1.807, 2.05) is 4.90 Å². The zero-order valence-electron chi connectivity index (χ0n) is 24.3. The number of pyridine rings is 2. The lowest BCUT2D eigenvalue weighted by Gasteiger charge is -2.35. The predicted octanol–water partition coefficient (Wildman–Crippen LogP) is 3.97. The average molecular weight is 611 g/mol. The largest absolute Gasteiger partial charge is 0.487 e. The van der Waals surface area contributed by atoms with Gasteiger partial charge in [-0.1, -0.05) is 0 Å². The van der Waals surface area contributed by atoms with Crippen LogP contribution in [0.4, 0.5) is 25.0 Å². The summed E-state index contributed by atoms with van der Waals surface area (Å²) in [5.74, 6) is -2.69. The number of anilines is 2. The maximum absolute atomic E-state index is 15.5. The third kappa shape index (κ3) is 5.53. The van der Waals surface area contributed by atoms with Gasteiger partial charge in [-0.25, -0.2) is 18.4 Å². The van der Waals surface area contributed by atoms with Crippen molar-refractivity contribution in [2.75, 3.05) is 36.0 Å². The van der Waals surface area contributed by atoms with Crippen molar-refractivity contribution in [3.8, 4) is 5.75 Å². The number of cyclic esters (lactones) is 1. The van der Waals surface area contributed by atoms with Crippen LogP contribution in [0.15, 0.2) is 35.3 Å². The minimum absolute atomic E-state index is 0.0327. The molecule has 2 aliphatic heterocycles. The molecule has 232 valence electrons. The normalized spacial score (nSPS) is 18.9. The van der Waals surface area contributed by atoms with Crippen LogP contribution in [0.1, 0.15) is 60.0 Å². The summed E-state index contributed by atoms with van der Waals surface area (Å²) in [5, 5.41) is 12.1. The first kappa shape index (κ1) is 29.4. The number of fused-ring (bicyclic) bond motifs is 1. The molecule has 1 atom stereocenters. The van der Waals surface area contributed by atoms with Gasteiger partial charge in [0.25, 0.3) is 5.56 Å². The van der Waals surface area contributed by atoms with E-state index in [1.165, 1.54) is 30.0 Å². The van der Waals surface area contributed by atoms with Crippen LogP contribution in [0.2, 0.25) is 0 Å². The van der Waals surface area contributed by atoms with Crippen molar-refractivity contribution in [3.05, 3.63) is 69.1 Å². The van der Waals surface area contributed by atoms with E-state index in [2.05, 4.69) is 5.32 Å². The molecule has 2 N–H and O–H groups in total. The minimum Gasteiger partial charge on any atom is -0.487 e. The fourth-order valence-electron chi connectivity index (χ4n) is 6.12. The van der Waals surface area contributed by atoms with E-state index in [-0.39, 0.29) is 42.3 Å². The smallest absolute Gasteiger partial charge is 0.414 e. The van der Waals surface area contributed by atoms with Crippen LogP contribution in [0.5, 0.6) is 5.75 Å². The van der Waals surface area contributed by atoms with Crippen molar-refractivity contribution in [1.29, 1.82) is 0 Å². The third-order valence-electron chi connectivity index (χ3n) is 8.42. The maximum Gasteiger partial charge on any atom is 0.414 e. The molecule has 0 radical (unpaired) electrons. The number of rotatable bonds is 8. The standard InChI is InChI=1S/C31H32F2N4O7/c1-16-27-22(18-3-4-18)12-23(30(40)41)29(39)37(27)15-25(33)28(16)35-9-7-20(8-10-35)43-26-6-5-19(11-24(26)32)36-14-21(44-31(36)42)13-34-17(2)38/h5-6,11-12,15,18,20-21H,3-4,7-10,13-14H2,1-2H3,(H,34,38)(H,40,41)/t21-/m0/s1. The van der Waals surface area contributed by atoms with Crippen molar-refractivity contribution in [2.24, 2.45) is 0 Å². The number of hydrogen-bond acceptors (Lipinski definition) is 7. The van der Waals surface area contributed by atoms with Gasteiger partial charge in [0.15, 0.2) is 17.4 Å². The topological polar surface area (TPSA) is 130 Å². The first-order chi connectivity index (χ1) is 21.0. The van der Waals surface area contributed by atoms with Gasteiger partial charge >= 0.3 is 12.1 Å². The Morgan fingerprint density at radius 2 is 1.82 bits per heavy atom. The van der Waals surface area contributed by atoms with Gasteiger partial charge in [0, 0.05) is 38.9 Å². The quantitative estimate of drug-likeness (QED) is 0.392. The summed E-state index contributed by atoms with van der Waals surface area (Å²) >= 11 is 0. The Morgan fingerprint density at radius 1 is 1.09 bits per heavy atom. The second kappa shape index (κ2) is 11.4. The van der Waals surface area contributed by atoms with Gasteiger partial charge in [-0.05, 0) is 55.0 Å².